The second-order valence-corrected chi connectivity index (χ2v) is 5.96. The first-order valence-corrected chi connectivity index (χ1v) is 7.24. The highest BCUT2D eigenvalue weighted by Gasteiger charge is 2.17. The molecule has 2 N–H and O–H groups in total. The van der Waals surface area contributed by atoms with Gasteiger partial charge >= 0.3 is 0 Å². The SMILES string of the molecule is CN(CCNS(C)(=O)=O)C1CCNCC1.Cl. The molecular formula is C9H22ClN3O2S. The normalized spacial score (nSPS) is 18.4. The van der Waals surface area contributed by atoms with Gasteiger partial charge in [0.25, 0.3) is 0 Å². The molecule has 0 aromatic carbocycles. The summed E-state index contributed by atoms with van der Waals surface area (Å²) in [5.74, 6) is 0. The van der Waals surface area contributed by atoms with Gasteiger partial charge in [0.05, 0.1) is 6.26 Å². The van der Waals surface area contributed by atoms with Gasteiger partial charge in [-0.1, -0.05) is 0 Å². The summed E-state index contributed by atoms with van der Waals surface area (Å²) < 4.78 is 24.2. The van der Waals surface area contributed by atoms with Gasteiger partial charge in [-0.05, 0) is 33.0 Å². The predicted molar refractivity (Wildman–Crippen MR) is 68.6 cm³/mol. The van der Waals surface area contributed by atoms with Crippen molar-refractivity contribution < 1.29 is 8.42 Å². The van der Waals surface area contributed by atoms with Crippen LogP contribution in [0.1, 0.15) is 12.8 Å². The van der Waals surface area contributed by atoms with Crippen molar-refractivity contribution in [3.05, 3.63) is 0 Å². The summed E-state index contributed by atoms with van der Waals surface area (Å²) in [6, 6.07) is 0.590. The monoisotopic (exact) mass is 271 g/mol. The molecule has 5 nitrogen and oxygen atoms in total. The Morgan fingerprint density at radius 3 is 2.44 bits per heavy atom. The Morgan fingerprint density at radius 1 is 1.38 bits per heavy atom. The molecule has 0 saturated carbocycles. The summed E-state index contributed by atoms with van der Waals surface area (Å²) in [4.78, 5) is 2.24. The third kappa shape index (κ3) is 6.65. The molecule has 1 rings (SSSR count). The molecule has 98 valence electrons. The molecule has 16 heavy (non-hydrogen) atoms. The number of piperidine rings is 1. The van der Waals surface area contributed by atoms with Crippen LogP contribution in [0.2, 0.25) is 0 Å². The lowest BCUT2D eigenvalue weighted by molar-refractivity contribution is 0.202. The van der Waals surface area contributed by atoms with Gasteiger partial charge in [-0.3, -0.25) is 0 Å². The van der Waals surface area contributed by atoms with Gasteiger partial charge < -0.3 is 10.2 Å². The fraction of sp³-hybridized carbons (Fsp3) is 1.00. The summed E-state index contributed by atoms with van der Waals surface area (Å²) in [7, 11) is -0.984. The van der Waals surface area contributed by atoms with Crippen LogP contribution in [0.25, 0.3) is 0 Å². The topological polar surface area (TPSA) is 61.4 Å². The van der Waals surface area contributed by atoms with E-state index in [-0.39, 0.29) is 12.4 Å². The van der Waals surface area contributed by atoms with E-state index in [2.05, 4.69) is 22.0 Å². The molecule has 1 aliphatic rings. The predicted octanol–water partition coefficient (Wildman–Crippen LogP) is -0.359. The molecule has 0 aromatic heterocycles. The third-order valence-electron chi connectivity index (χ3n) is 2.76. The smallest absolute Gasteiger partial charge is 0.208 e. The number of rotatable bonds is 5. The first kappa shape index (κ1) is 16.1. The maximum absolute atomic E-state index is 10.8. The third-order valence-corrected chi connectivity index (χ3v) is 3.49. The van der Waals surface area contributed by atoms with E-state index in [1.54, 1.807) is 0 Å². The average Bonchev–Trinajstić information content (AvgIpc) is 2.17. The minimum absolute atomic E-state index is 0. The lowest BCUT2D eigenvalue weighted by atomic mass is 10.1. The van der Waals surface area contributed by atoms with Crippen molar-refractivity contribution in [2.24, 2.45) is 0 Å². The number of likely N-dealkylation sites (N-methyl/N-ethyl adjacent to an activating group) is 1. The van der Waals surface area contributed by atoms with Crippen LogP contribution in [0.3, 0.4) is 0 Å². The summed E-state index contributed by atoms with van der Waals surface area (Å²) >= 11 is 0. The number of hydrogen-bond donors (Lipinski definition) is 2. The van der Waals surface area contributed by atoms with E-state index in [0.717, 1.165) is 32.5 Å². The van der Waals surface area contributed by atoms with Crippen LogP contribution in [0.4, 0.5) is 0 Å². The molecule has 1 aliphatic heterocycles. The van der Waals surface area contributed by atoms with Crippen molar-refractivity contribution >= 4 is 22.4 Å². The van der Waals surface area contributed by atoms with Crippen LogP contribution in [0.5, 0.6) is 0 Å². The fourth-order valence-electron chi connectivity index (χ4n) is 1.84. The van der Waals surface area contributed by atoms with Crippen LogP contribution in [0.15, 0.2) is 0 Å². The highest BCUT2D eigenvalue weighted by molar-refractivity contribution is 7.88. The number of hydrogen-bond acceptors (Lipinski definition) is 4. The molecule has 0 unspecified atom stereocenters. The Bertz CT molecular complexity index is 278. The Kier molecular flexibility index (Phi) is 7.50. The molecule has 0 aliphatic carbocycles. The Hall–Kier alpha value is 0.120. The van der Waals surface area contributed by atoms with Gasteiger partial charge in [0.15, 0.2) is 0 Å². The van der Waals surface area contributed by atoms with Crippen molar-refractivity contribution in [2.75, 3.05) is 39.5 Å². The minimum Gasteiger partial charge on any atom is -0.317 e. The van der Waals surface area contributed by atoms with Gasteiger partial charge in [-0.15, -0.1) is 12.4 Å². The van der Waals surface area contributed by atoms with Crippen LogP contribution < -0.4 is 10.0 Å². The van der Waals surface area contributed by atoms with Crippen molar-refractivity contribution in [1.29, 1.82) is 0 Å². The van der Waals surface area contributed by atoms with Gasteiger partial charge in [0.1, 0.15) is 0 Å². The molecule has 0 spiro atoms. The number of nitrogens with zero attached hydrogens (tertiary/aromatic N) is 1. The van der Waals surface area contributed by atoms with Crippen LogP contribution in [-0.4, -0.2) is 58.8 Å². The average molecular weight is 272 g/mol. The molecule has 0 radical (unpaired) electrons. The van der Waals surface area contributed by atoms with E-state index in [4.69, 9.17) is 0 Å². The quantitative estimate of drug-likeness (QED) is 0.717. The highest BCUT2D eigenvalue weighted by Crippen LogP contribution is 2.08. The second kappa shape index (κ2) is 7.45. The van der Waals surface area contributed by atoms with Crippen LogP contribution in [0, 0.1) is 0 Å². The van der Waals surface area contributed by atoms with Crippen molar-refractivity contribution in [3.63, 3.8) is 0 Å². The van der Waals surface area contributed by atoms with E-state index in [1.807, 2.05) is 0 Å². The summed E-state index contributed by atoms with van der Waals surface area (Å²) in [6.07, 6.45) is 3.49. The van der Waals surface area contributed by atoms with Crippen molar-refractivity contribution in [3.8, 4) is 0 Å². The lowest BCUT2D eigenvalue weighted by Crippen LogP contribution is -2.43. The number of nitrogens with one attached hydrogen (secondary N) is 2. The van der Waals surface area contributed by atoms with Crippen LogP contribution in [-0.2, 0) is 10.0 Å². The maximum atomic E-state index is 10.8. The van der Waals surface area contributed by atoms with Crippen LogP contribution >= 0.6 is 12.4 Å². The zero-order valence-corrected chi connectivity index (χ0v) is 11.5. The maximum Gasteiger partial charge on any atom is 0.208 e. The summed E-state index contributed by atoms with van der Waals surface area (Å²) in [5, 5.41) is 3.31. The van der Waals surface area contributed by atoms with E-state index in [9.17, 15) is 8.42 Å². The zero-order chi connectivity index (χ0) is 11.3. The number of halogens is 1. The Labute approximate surface area is 104 Å². The molecule has 7 heteroatoms. The van der Waals surface area contributed by atoms with Crippen molar-refractivity contribution in [2.45, 2.75) is 18.9 Å². The van der Waals surface area contributed by atoms with E-state index < -0.39 is 10.0 Å². The van der Waals surface area contributed by atoms with Crippen molar-refractivity contribution in [1.82, 2.24) is 14.9 Å². The molecule has 0 bridgehead atoms. The Balaban J connectivity index is 0.00000225. The molecular weight excluding hydrogens is 250 g/mol. The fourth-order valence-corrected chi connectivity index (χ4v) is 2.30. The van der Waals surface area contributed by atoms with Gasteiger partial charge in [0.2, 0.25) is 10.0 Å². The molecule has 0 amide bonds. The largest absolute Gasteiger partial charge is 0.317 e. The van der Waals surface area contributed by atoms with E-state index in [0.29, 0.717) is 12.6 Å². The standard InChI is InChI=1S/C9H21N3O2S.ClH/c1-12(8-7-11-15(2,13)14)9-3-5-10-6-4-9;/h9-11H,3-8H2,1-2H3;1H. The lowest BCUT2D eigenvalue weighted by Gasteiger charge is -2.31. The molecule has 0 atom stereocenters. The summed E-state index contributed by atoms with van der Waals surface area (Å²) in [6.45, 7) is 3.40. The first-order valence-electron chi connectivity index (χ1n) is 5.34. The first-order chi connectivity index (χ1) is 6.99. The zero-order valence-electron chi connectivity index (χ0n) is 9.90. The second-order valence-electron chi connectivity index (χ2n) is 4.13. The molecule has 1 fully saturated rings. The highest BCUT2D eigenvalue weighted by atomic mass is 35.5. The van der Waals surface area contributed by atoms with Gasteiger partial charge in [0, 0.05) is 19.1 Å². The van der Waals surface area contributed by atoms with Gasteiger partial charge in [-0.2, -0.15) is 0 Å². The molecule has 1 saturated heterocycles. The number of sulfonamides is 1. The van der Waals surface area contributed by atoms with E-state index >= 15 is 0 Å². The Morgan fingerprint density at radius 2 is 1.94 bits per heavy atom. The minimum atomic E-state index is -3.04. The van der Waals surface area contributed by atoms with Gasteiger partial charge in [-0.25, -0.2) is 13.1 Å². The summed E-state index contributed by atoms with van der Waals surface area (Å²) in [5.41, 5.74) is 0. The van der Waals surface area contributed by atoms with E-state index in [1.165, 1.54) is 6.26 Å². The molecule has 0 aromatic rings. The molecule has 1 heterocycles.